The highest BCUT2D eigenvalue weighted by atomic mass is 32.2. The van der Waals surface area contributed by atoms with Gasteiger partial charge < -0.3 is 0 Å². The molecule has 0 N–H and O–H groups in total. The molecule has 2 nitrogen and oxygen atoms in total. The summed E-state index contributed by atoms with van der Waals surface area (Å²) in [6.45, 7) is 26.4. The van der Waals surface area contributed by atoms with Crippen molar-refractivity contribution < 1.29 is 34.8 Å². The summed E-state index contributed by atoms with van der Waals surface area (Å²) in [5.74, 6) is 0.833. The Morgan fingerprint density at radius 1 is 0.658 bits per heavy atom. The molecule has 0 aliphatic carbocycles. The molecule has 0 aliphatic rings. The minimum Gasteiger partial charge on any atom is -0.229 e. The molecule has 0 aliphatic heterocycles. The molecule has 1 rings (SSSR count). The van der Waals surface area contributed by atoms with Crippen molar-refractivity contribution >= 4 is 9.84 Å². The first-order valence-electron chi connectivity index (χ1n) is 12.6. The fourth-order valence-electron chi connectivity index (χ4n) is 1.10. The third-order valence-corrected chi connectivity index (χ3v) is 3.06. The van der Waals surface area contributed by atoms with E-state index in [1.807, 2.05) is 0 Å². The molecule has 0 saturated carbocycles. The zero-order valence-corrected chi connectivity index (χ0v) is 27.5. The van der Waals surface area contributed by atoms with Gasteiger partial charge in [-0.2, -0.15) is 26.3 Å². The predicted octanol–water partition coefficient (Wildman–Crippen LogP) is 10.9. The molecular formula is C29H56F6O2S. The van der Waals surface area contributed by atoms with E-state index in [0.717, 1.165) is 18.4 Å². The second-order valence-electron chi connectivity index (χ2n) is 12.8. The Morgan fingerprint density at radius 2 is 0.842 bits per heavy atom. The van der Waals surface area contributed by atoms with E-state index in [2.05, 4.69) is 113 Å². The Balaban J connectivity index is -0.000000123. The predicted molar refractivity (Wildman–Crippen MR) is 153 cm³/mol. The van der Waals surface area contributed by atoms with E-state index >= 15 is 0 Å². The number of hydrogen-bond acceptors (Lipinski definition) is 2. The first-order chi connectivity index (χ1) is 16.3. The van der Waals surface area contributed by atoms with Crippen molar-refractivity contribution in [1.82, 2.24) is 0 Å². The summed E-state index contributed by atoms with van der Waals surface area (Å²) in [6.07, 6.45) is -6.92. The maximum Gasteiger partial charge on any atom is 0.402 e. The molecule has 1 aromatic carbocycles. The Hall–Kier alpha value is -1.25. The fourth-order valence-corrected chi connectivity index (χ4v) is 1.10. The lowest BCUT2D eigenvalue weighted by Gasteiger charge is -2.29. The highest BCUT2D eigenvalue weighted by molar-refractivity contribution is 7.89. The maximum absolute atomic E-state index is 11.6. The van der Waals surface area contributed by atoms with Crippen LogP contribution in [0.15, 0.2) is 30.3 Å². The molecule has 0 spiro atoms. The van der Waals surface area contributed by atoms with Gasteiger partial charge in [-0.05, 0) is 36.2 Å². The molecule has 232 valence electrons. The molecule has 0 unspecified atom stereocenters. The van der Waals surface area contributed by atoms with Gasteiger partial charge in [0.15, 0.2) is 5.41 Å². The van der Waals surface area contributed by atoms with Crippen molar-refractivity contribution in [2.75, 3.05) is 12.5 Å². The molecule has 0 bridgehead atoms. The van der Waals surface area contributed by atoms with Crippen LogP contribution in [0.3, 0.4) is 0 Å². The van der Waals surface area contributed by atoms with Crippen molar-refractivity contribution in [2.45, 2.75) is 121 Å². The quantitative estimate of drug-likeness (QED) is 0.285. The summed E-state index contributed by atoms with van der Waals surface area (Å²) in [5.41, 5.74) is -1.43. The average molecular weight is 583 g/mol. The average Bonchev–Trinajstić information content (AvgIpc) is 2.58. The van der Waals surface area contributed by atoms with Crippen LogP contribution >= 0.6 is 0 Å². The van der Waals surface area contributed by atoms with Crippen LogP contribution in [0.2, 0.25) is 0 Å². The molecule has 0 saturated heterocycles. The lowest BCUT2D eigenvalue weighted by atomic mass is 9.87. The number of alkyl halides is 6. The number of benzene rings is 1. The molecule has 0 fully saturated rings. The second kappa shape index (κ2) is 19.8. The molecule has 1 aromatic rings. The van der Waals surface area contributed by atoms with Gasteiger partial charge in [0.1, 0.15) is 9.84 Å². The van der Waals surface area contributed by atoms with E-state index in [1.54, 1.807) is 0 Å². The largest absolute Gasteiger partial charge is 0.402 e. The summed E-state index contributed by atoms with van der Waals surface area (Å²) in [6, 6.07) is 10.6. The first-order valence-corrected chi connectivity index (χ1v) is 14.9. The van der Waals surface area contributed by atoms with Crippen LogP contribution in [0, 0.1) is 16.7 Å². The van der Waals surface area contributed by atoms with E-state index in [1.165, 1.54) is 12.0 Å². The molecule has 0 aromatic heterocycles. The summed E-state index contributed by atoms with van der Waals surface area (Å²) in [4.78, 5) is 0. The Kier molecular flexibility index (Phi) is 24.2. The second-order valence-corrected chi connectivity index (χ2v) is 15.1. The highest BCUT2D eigenvalue weighted by Gasteiger charge is 2.64. The van der Waals surface area contributed by atoms with Crippen molar-refractivity contribution in [3.8, 4) is 0 Å². The van der Waals surface area contributed by atoms with Crippen LogP contribution in [0.25, 0.3) is 0 Å². The summed E-state index contributed by atoms with van der Waals surface area (Å²) in [7, 11) is -2.67. The Labute approximate surface area is 230 Å². The van der Waals surface area contributed by atoms with E-state index < -0.39 is 27.6 Å². The SMILES string of the molecule is CC(C)(C(F)(F)F)C(F)(F)F.CC(C)(C)C.CC(C)(C)c1ccccc1.CC(C)C.CCC.CS(C)(=O)=O. The van der Waals surface area contributed by atoms with Gasteiger partial charge in [0.2, 0.25) is 0 Å². The minimum absolute atomic E-state index is 0.104. The van der Waals surface area contributed by atoms with Gasteiger partial charge in [0.25, 0.3) is 0 Å². The topological polar surface area (TPSA) is 34.1 Å². The lowest BCUT2D eigenvalue weighted by Crippen LogP contribution is -2.44. The molecule has 9 heteroatoms. The molecule has 38 heavy (non-hydrogen) atoms. The van der Waals surface area contributed by atoms with Crippen molar-refractivity contribution in [1.29, 1.82) is 0 Å². The third-order valence-electron chi connectivity index (χ3n) is 3.06. The monoisotopic (exact) mass is 582 g/mol. The summed E-state index contributed by atoms with van der Waals surface area (Å²) in [5, 5.41) is 0. The van der Waals surface area contributed by atoms with Crippen LogP contribution in [0.4, 0.5) is 26.3 Å². The standard InChI is InChI=1S/C10H14.C5H6F6.C5H12.C4H10.C3H8.C2H6O2S/c1-10(2,3)9-7-5-4-6-8-9;1-3(2,4(6,7)8)5(9,10)11;1-5(2,3)4;1-4(2)3;1-3-2;1-5(2,3)4/h4-8H,1-3H3;1-2H3;1-4H3;4H,1-3H3;3H2,1-2H3;1-2H3. The van der Waals surface area contributed by atoms with Gasteiger partial charge >= 0.3 is 12.4 Å². The smallest absolute Gasteiger partial charge is 0.229 e. The first kappa shape index (κ1) is 46.6. The van der Waals surface area contributed by atoms with Gasteiger partial charge in [-0.25, -0.2) is 8.42 Å². The van der Waals surface area contributed by atoms with Crippen molar-refractivity contribution in [3.63, 3.8) is 0 Å². The van der Waals surface area contributed by atoms with Crippen LogP contribution in [0.5, 0.6) is 0 Å². The fraction of sp³-hybridized carbons (Fsp3) is 0.793. The molecule has 0 heterocycles. The Morgan fingerprint density at radius 3 is 0.921 bits per heavy atom. The molecule has 0 amide bonds. The van der Waals surface area contributed by atoms with E-state index in [0.29, 0.717) is 10.8 Å². The normalized spacial score (nSPS) is 12.0. The van der Waals surface area contributed by atoms with Crippen molar-refractivity contribution in [3.05, 3.63) is 35.9 Å². The van der Waals surface area contributed by atoms with E-state index in [4.69, 9.17) is 0 Å². The van der Waals surface area contributed by atoms with Gasteiger partial charge in [-0.3, -0.25) is 0 Å². The van der Waals surface area contributed by atoms with Crippen LogP contribution in [0.1, 0.15) is 109 Å². The zero-order chi connectivity index (χ0) is 32.4. The Bertz CT molecular complexity index is 734. The highest BCUT2D eigenvalue weighted by Crippen LogP contribution is 2.49. The molecule has 0 radical (unpaired) electrons. The zero-order valence-electron chi connectivity index (χ0n) is 26.7. The number of sulfone groups is 1. The van der Waals surface area contributed by atoms with Gasteiger partial charge in [0.05, 0.1) is 0 Å². The number of hydrogen-bond donors (Lipinski definition) is 0. The van der Waals surface area contributed by atoms with Gasteiger partial charge in [0, 0.05) is 12.5 Å². The van der Waals surface area contributed by atoms with Crippen molar-refractivity contribution in [2.24, 2.45) is 16.7 Å². The third kappa shape index (κ3) is 41.9. The maximum atomic E-state index is 11.6. The van der Waals surface area contributed by atoms with Crippen LogP contribution in [-0.4, -0.2) is 33.3 Å². The van der Waals surface area contributed by atoms with E-state index in [9.17, 15) is 34.8 Å². The van der Waals surface area contributed by atoms with Gasteiger partial charge in [-0.15, -0.1) is 0 Å². The number of halogens is 6. The number of rotatable bonds is 0. The van der Waals surface area contributed by atoms with Crippen LogP contribution < -0.4 is 0 Å². The minimum atomic E-state index is -5.24. The van der Waals surface area contributed by atoms with Gasteiger partial charge in [-0.1, -0.05) is 120 Å². The molecular weight excluding hydrogens is 526 g/mol. The summed E-state index contributed by atoms with van der Waals surface area (Å²) < 4.78 is 88.9. The lowest BCUT2D eigenvalue weighted by molar-refractivity contribution is -0.327. The van der Waals surface area contributed by atoms with Crippen LogP contribution in [-0.2, 0) is 15.3 Å². The van der Waals surface area contributed by atoms with E-state index in [-0.39, 0.29) is 13.8 Å². The summed E-state index contributed by atoms with van der Waals surface area (Å²) >= 11 is 0. The molecule has 0 atom stereocenters.